The monoisotopic (exact) mass is 379 g/mol. The highest BCUT2D eigenvalue weighted by atomic mass is 32.2. The normalized spacial score (nSPS) is 12.2. The largest absolute Gasteiger partial charge is 0.417 e. The van der Waals surface area contributed by atoms with Crippen molar-refractivity contribution in [1.82, 2.24) is 0 Å². The van der Waals surface area contributed by atoms with Crippen LogP contribution in [0.4, 0.5) is 27.6 Å². The van der Waals surface area contributed by atoms with Crippen molar-refractivity contribution in [3.63, 3.8) is 0 Å². The van der Waals surface area contributed by atoms with E-state index in [9.17, 15) is 35.2 Å². The van der Waals surface area contributed by atoms with Crippen LogP contribution in [-0.2, 0) is 16.0 Å². The standard InChI is InChI=1S/C15H10F5NO3S/c16-14(17)25(23,24)12-8-4-3-7-11(12)21-13(22)9-5-1-2-6-10(9)15(18,19)20/h1-8,14H,(H,21,22). The number of hydrogen-bond donors (Lipinski definition) is 1. The first-order valence-electron chi connectivity index (χ1n) is 6.64. The lowest BCUT2D eigenvalue weighted by molar-refractivity contribution is -0.137. The summed E-state index contributed by atoms with van der Waals surface area (Å²) in [6.07, 6.45) is -4.82. The summed E-state index contributed by atoms with van der Waals surface area (Å²) >= 11 is 0. The van der Waals surface area contributed by atoms with Gasteiger partial charge in [-0.05, 0) is 24.3 Å². The van der Waals surface area contributed by atoms with Crippen molar-refractivity contribution < 1.29 is 35.2 Å². The van der Waals surface area contributed by atoms with Gasteiger partial charge in [-0.25, -0.2) is 8.42 Å². The molecule has 2 aromatic carbocycles. The number of anilines is 1. The molecule has 1 amide bonds. The van der Waals surface area contributed by atoms with E-state index in [2.05, 4.69) is 0 Å². The van der Waals surface area contributed by atoms with Crippen LogP contribution < -0.4 is 5.32 Å². The molecule has 25 heavy (non-hydrogen) atoms. The molecule has 0 aliphatic rings. The summed E-state index contributed by atoms with van der Waals surface area (Å²) < 4.78 is 87.5. The number of carbonyl (C=O) groups excluding carboxylic acids is 1. The first-order chi connectivity index (χ1) is 11.5. The van der Waals surface area contributed by atoms with Gasteiger partial charge in [0.25, 0.3) is 5.91 Å². The van der Waals surface area contributed by atoms with Crippen molar-refractivity contribution in [3.8, 4) is 0 Å². The molecule has 0 radical (unpaired) electrons. The van der Waals surface area contributed by atoms with Gasteiger partial charge in [-0.1, -0.05) is 24.3 Å². The number of carbonyl (C=O) groups is 1. The molecule has 10 heteroatoms. The lowest BCUT2D eigenvalue weighted by Crippen LogP contribution is -2.21. The number of nitrogens with one attached hydrogen (secondary N) is 1. The second-order valence-corrected chi connectivity index (χ2v) is 6.69. The van der Waals surface area contributed by atoms with Crippen LogP contribution in [0, 0.1) is 0 Å². The third kappa shape index (κ3) is 3.95. The van der Waals surface area contributed by atoms with Crippen LogP contribution >= 0.6 is 0 Å². The SMILES string of the molecule is O=C(Nc1ccccc1S(=O)(=O)C(F)F)c1ccccc1C(F)(F)F. The van der Waals surface area contributed by atoms with Gasteiger partial charge in [0.15, 0.2) is 0 Å². The Morgan fingerprint density at radius 2 is 1.52 bits per heavy atom. The smallest absolute Gasteiger partial charge is 0.321 e. The Morgan fingerprint density at radius 3 is 2.12 bits per heavy atom. The third-order valence-electron chi connectivity index (χ3n) is 3.15. The highest BCUT2D eigenvalue weighted by Gasteiger charge is 2.35. The molecule has 0 atom stereocenters. The number of para-hydroxylation sites is 1. The molecule has 0 bridgehead atoms. The minimum Gasteiger partial charge on any atom is -0.321 e. The van der Waals surface area contributed by atoms with Gasteiger partial charge < -0.3 is 5.32 Å². The number of sulfone groups is 1. The fraction of sp³-hybridized carbons (Fsp3) is 0.133. The lowest BCUT2D eigenvalue weighted by atomic mass is 10.1. The van der Waals surface area contributed by atoms with Crippen LogP contribution in [0.25, 0.3) is 0 Å². The molecule has 0 fully saturated rings. The first kappa shape index (κ1) is 18.8. The Morgan fingerprint density at radius 1 is 0.960 bits per heavy atom. The Hall–Kier alpha value is -2.49. The van der Waals surface area contributed by atoms with Crippen molar-refractivity contribution in [2.45, 2.75) is 16.8 Å². The second kappa shape index (κ2) is 6.79. The van der Waals surface area contributed by atoms with Crippen LogP contribution in [0.3, 0.4) is 0 Å². The zero-order valence-electron chi connectivity index (χ0n) is 12.2. The molecular formula is C15H10F5NO3S. The second-order valence-electron chi connectivity index (χ2n) is 4.80. The molecule has 0 unspecified atom stereocenters. The van der Waals surface area contributed by atoms with Crippen LogP contribution in [-0.4, -0.2) is 20.1 Å². The minimum absolute atomic E-state index is 0.537. The lowest BCUT2D eigenvalue weighted by Gasteiger charge is -2.14. The molecule has 2 aromatic rings. The molecule has 2 rings (SSSR count). The van der Waals surface area contributed by atoms with Crippen molar-refractivity contribution in [2.75, 3.05) is 5.32 Å². The van der Waals surface area contributed by atoms with Gasteiger partial charge in [0.2, 0.25) is 9.84 Å². The molecule has 0 aromatic heterocycles. The van der Waals surface area contributed by atoms with Gasteiger partial charge in [0.1, 0.15) is 0 Å². The Balaban J connectivity index is 2.45. The van der Waals surface area contributed by atoms with Crippen LogP contribution in [0.2, 0.25) is 0 Å². The van der Waals surface area contributed by atoms with E-state index in [-0.39, 0.29) is 0 Å². The van der Waals surface area contributed by atoms with Gasteiger partial charge >= 0.3 is 11.9 Å². The van der Waals surface area contributed by atoms with Crippen LogP contribution in [0.1, 0.15) is 15.9 Å². The molecule has 0 spiro atoms. The van der Waals surface area contributed by atoms with E-state index in [1.54, 1.807) is 0 Å². The van der Waals surface area contributed by atoms with E-state index in [1.165, 1.54) is 12.1 Å². The molecule has 0 aliphatic heterocycles. The molecule has 0 aliphatic carbocycles. The Labute approximate surface area is 139 Å². The van der Waals surface area contributed by atoms with Gasteiger partial charge in [0.05, 0.1) is 21.7 Å². The van der Waals surface area contributed by atoms with Crippen molar-refractivity contribution in [3.05, 3.63) is 59.7 Å². The maximum atomic E-state index is 12.9. The van der Waals surface area contributed by atoms with Crippen molar-refractivity contribution in [1.29, 1.82) is 0 Å². The number of amides is 1. The Bertz CT molecular complexity index is 894. The summed E-state index contributed by atoms with van der Waals surface area (Å²) in [6, 6.07) is 8.06. The fourth-order valence-corrected chi connectivity index (χ4v) is 2.92. The zero-order chi connectivity index (χ0) is 18.8. The van der Waals surface area contributed by atoms with Crippen molar-refractivity contribution >= 4 is 21.4 Å². The molecule has 4 nitrogen and oxygen atoms in total. The predicted molar refractivity (Wildman–Crippen MR) is 79.0 cm³/mol. The maximum absolute atomic E-state index is 12.9. The average molecular weight is 379 g/mol. The highest BCUT2D eigenvalue weighted by molar-refractivity contribution is 7.91. The quantitative estimate of drug-likeness (QED) is 0.818. The molecular weight excluding hydrogens is 369 g/mol. The molecule has 134 valence electrons. The zero-order valence-corrected chi connectivity index (χ0v) is 13.0. The summed E-state index contributed by atoms with van der Waals surface area (Å²) in [7, 11) is -5.04. The van der Waals surface area contributed by atoms with Crippen molar-refractivity contribution in [2.24, 2.45) is 0 Å². The Kier molecular flexibility index (Phi) is 5.12. The average Bonchev–Trinajstić information content (AvgIpc) is 2.54. The summed E-state index contributed by atoms with van der Waals surface area (Å²) in [5.41, 5.74) is -2.54. The molecule has 1 N–H and O–H groups in total. The molecule has 0 heterocycles. The summed E-state index contributed by atoms with van der Waals surface area (Å²) in [5, 5.41) is 1.95. The van der Waals surface area contributed by atoms with Crippen LogP contribution in [0.5, 0.6) is 0 Å². The van der Waals surface area contributed by atoms with Gasteiger partial charge in [-0.15, -0.1) is 0 Å². The highest BCUT2D eigenvalue weighted by Crippen LogP contribution is 2.33. The number of hydrogen-bond acceptors (Lipinski definition) is 3. The van der Waals surface area contributed by atoms with E-state index < -0.39 is 49.4 Å². The molecule has 0 saturated carbocycles. The van der Waals surface area contributed by atoms with E-state index in [1.807, 2.05) is 5.32 Å². The van der Waals surface area contributed by atoms with Gasteiger partial charge in [-0.3, -0.25) is 4.79 Å². The van der Waals surface area contributed by atoms with Crippen LogP contribution in [0.15, 0.2) is 53.4 Å². The minimum atomic E-state index is -5.04. The van der Waals surface area contributed by atoms with E-state index >= 15 is 0 Å². The van der Waals surface area contributed by atoms with E-state index in [0.717, 1.165) is 30.3 Å². The number of alkyl halides is 5. The van der Waals surface area contributed by atoms with Gasteiger partial charge in [-0.2, -0.15) is 22.0 Å². The fourth-order valence-electron chi connectivity index (χ4n) is 2.03. The summed E-state index contributed by atoms with van der Waals surface area (Å²) in [5.74, 6) is -5.02. The summed E-state index contributed by atoms with van der Waals surface area (Å²) in [4.78, 5) is 11.3. The topological polar surface area (TPSA) is 63.2 Å². The molecule has 0 saturated heterocycles. The number of benzene rings is 2. The van der Waals surface area contributed by atoms with E-state index in [0.29, 0.717) is 6.07 Å². The maximum Gasteiger partial charge on any atom is 0.417 e. The predicted octanol–water partition coefficient (Wildman–Crippen LogP) is 3.95. The number of rotatable bonds is 4. The van der Waals surface area contributed by atoms with E-state index in [4.69, 9.17) is 0 Å². The first-order valence-corrected chi connectivity index (χ1v) is 8.18. The van der Waals surface area contributed by atoms with Gasteiger partial charge in [0, 0.05) is 0 Å². The summed E-state index contributed by atoms with van der Waals surface area (Å²) in [6.45, 7) is 0. The third-order valence-corrected chi connectivity index (χ3v) is 4.59. The number of halogens is 5.